The molecule has 11 heterocycles. The molecule has 14 N–H and O–H groups in total. The highest BCUT2D eigenvalue weighted by Crippen LogP contribution is 2.26. The van der Waals surface area contributed by atoms with Crippen molar-refractivity contribution in [2.45, 2.75) is 31.7 Å². The molecule has 0 unspecified atom stereocenters. The monoisotopic (exact) mass is 1620 g/mol. The largest absolute Gasteiger partial charge is 0.356 e. The number of imidazole rings is 3. The van der Waals surface area contributed by atoms with E-state index < -0.39 is 82.8 Å². The maximum absolute atomic E-state index is 14.1. The van der Waals surface area contributed by atoms with Crippen LogP contribution in [0.5, 0.6) is 0 Å². The van der Waals surface area contributed by atoms with Crippen LogP contribution in [0.3, 0.4) is 0 Å². The molecule has 0 radical (unpaired) electrons. The van der Waals surface area contributed by atoms with Crippen LogP contribution in [0.1, 0.15) is 131 Å². The van der Waals surface area contributed by atoms with Crippen molar-refractivity contribution in [2.24, 2.45) is 70.5 Å². The molecule has 1 aliphatic heterocycles. The zero-order valence-electron chi connectivity index (χ0n) is 65.8. The number of thioether (sulfide) groups is 1. The third-order valence-corrected chi connectivity index (χ3v) is 19.3. The van der Waals surface area contributed by atoms with Gasteiger partial charge in [-0.2, -0.15) is 0 Å². The summed E-state index contributed by atoms with van der Waals surface area (Å²) in [5.41, 5.74) is 2.25. The second-order valence-electron chi connectivity index (χ2n) is 27.9. The lowest BCUT2D eigenvalue weighted by molar-refractivity contribution is -0.123. The topological polar surface area (TPSA) is 499 Å². The van der Waals surface area contributed by atoms with E-state index in [1.165, 1.54) is 164 Å². The van der Waals surface area contributed by atoms with Gasteiger partial charge in [0.05, 0.1) is 45.6 Å². The van der Waals surface area contributed by atoms with Crippen LogP contribution in [0.25, 0.3) is 0 Å². The van der Waals surface area contributed by atoms with Crippen LogP contribution >= 0.6 is 11.8 Å². The van der Waals surface area contributed by atoms with E-state index >= 15 is 0 Å². The fourth-order valence-electron chi connectivity index (χ4n) is 12.5. The summed E-state index contributed by atoms with van der Waals surface area (Å²) in [5, 5.41) is 38.1. The van der Waals surface area contributed by atoms with Gasteiger partial charge >= 0.3 is 0 Å². The van der Waals surface area contributed by atoms with Crippen molar-refractivity contribution in [3.8, 4) is 0 Å². The highest BCUT2D eigenvalue weighted by Gasteiger charge is 2.29. The lowest BCUT2D eigenvalue weighted by atomic mass is 10.2. The lowest BCUT2D eigenvalue weighted by Gasteiger charge is -2.18. The van der Waals surface area contributed by atoms with E-state index in [2.05, 4.69) is 89.4 Å². The number of aromatic nitrogens is 13. The minimum atomic E-state index is -1.27. The minimum Gasteiger partial charge on any atom is -0.356 e. The summed E-state index contributed by atoms with van der Waals surface area (Å²) >= 11 is 1.00. The molecule has 0 saturated carbocycles. The number of hydrogen-bond donors (Lipinski definition) is 14. The molecule has 614 valence electrons. The Hall–Kier alpha value is -14.5. The van der Waals surface area contributed by atoms with E-state index in [0.29, 0.717) is 13.0 Å². The molecule has 0 saturated heterocycles. The summed E-state index contributed by atoms with van der Waals surface area (Å²) in [6.45, 7) is 1.17. The standard InChI is InChI=1S/C74H88N28O14S/c1-92(2)20-14-18-75-58(103)16-19-77-64(106)47-38-117-39-60(105)78-40-21-53(94(4)28-40)70(112)90-56-36-102(12)63(88-56)74(116)84-46-27-54(99(9)34-46)71(113)91-57-37-101(11)62(89-57)73(115)82-44-22-48(93(3)32-44)65(107)76-17-13-15-59(104)86-55-35-100(10)61(87-55)72(114)83-45-26-51(97(7)33-45)68(110)80-42-24-49(95(5)30-42)66(108)79-41-23-50(96(6)29-41)67(109)81-43-25-52(69(111)85-47)98(8)31-43/h21-37,47H,13-20,38-39H2,1-12H3,(H,75,103)(H,76,107)(H,77,106)(H,78,105)(H,79,108)(H,80,110)(H,81,109)(H,82,115)(H,83,114)(H,84,116)(H,85,111)(H,86,104)(H,90,112)(H,91,113)/t47-/m1/s1. The Balaban J connectivity index is 0.772. The molecule has 42 nitrogen and oxygen atoms in total. The molecule has 43 heteroatoms. The number of nitrogens with zero attached hydrogens (tertiary/aromatic N) is 14. The van der Waals surface area contributed by atoms with E-state index in [9.17, 15) is 67.1 Å². The van der Waals surface area contributed by atoms with Crippen molar-refractivity contribution in [1.82, 2.24) is 86.8 Å². The number of nitrogens with one attached hydrogen (secondary N) is 14. The van der Waals surface area contributed by atoms with Crippen molar-refractivity contribution in [2.75, 3.05) is 105 Å². The summed E-state index contributed by atoms with van der Waals surface area (Å²) in [7, 11) is 19.5. The molecule has 117 heavy (non-hydrogen) atoms. The molecular formula is C74H88N28O14S. The van der Waals surface area contributed by atoms with Gasteiger partial charge in [-0.1, -0.05) is 0 Å². The number of amides is 14. The average molecular weight is 1630 g/mol. The first-order chi connectivity index (χ1) is 55.6. The Bertz CT molecular complexity index is 5590. The van der Waals surface area contributed by atoms with Gasteiger partial charge < -0.3 is 125 Å². The van der Waals surface area contributed by atoms with Crippen molar-refractivity contribution < 1.29 is 67.1 Å². The van der Waals surface area contributed by atoms with Crippen molar-refractivity contribution in [3.05, 3.63) is 162 Å². The van der Waals surface area contributed by atoms with Crippen LogP contribution in [-0.4, -0.2) is 206 Å². The summed E-state index contributed by atoms with van der Waals surface area (Å²) in [4.78, 5) is 205. The van der Waals surface area contributed by atoms with Gasteiger partial charge in [0.1, 0.15) is 45.9 Å². The number of fused-ring (bicyclic) bond motifs is 20. The molecule has 0 fully saturated rings. The van der Waals surface area contributed by atoms with Crippen LogP contribution in [-0.2, 0) is 89.7 Å². The van der Waals surface area contributed by atoms with Crippen LogP contribution in [0, 0.1) is 0 Å². The second-order valence-corrected chi connectivity index (χ2v) is 29.0. The minimum absolute atomic E-state index is 0.00703. The zero-order valence-corrected chi connectivity index (χ0v) is 66.7. The normalized spacial score (nSPS) is 15.2. The van der Waals surface area contributed by atoms with Gasteiger partial charge in [0.15, 0.2) is 17.5 Å². The van der Waals surface area contributed by atoms with Gasteiger partial charge in [0, 0.05) is 171 Å². The second kappa shape index (κ2) is 36.1. The molecule has 0 aromatic carbocycles. The average Bonchev–Trinajstić information content (AvgIpc) is 1.68. The molecule has 11 rings (SSSR count). The number of carbonyl (C=O) groups is 14. The number of carbonyl (C=O) groups excluding carboxylic acids is 14. The van der Waals surface area contributed by atoms with Crippen LogP contribution in [0.2, 0.25) is 0 Å². The molecule has 20 bridgehead atoms. The van der Waals surface area contributed by atoms with Crippen LogP contribution in [0.4, 0.5) is 57.3 Å². The Labute approximate surface area is 671 Å². The summed E-state index contributed by atoms with van der Waals surface area (Å²) in [6.07, 6.45) is 15.5. The molecule has 0 aliphatic carbocycles. The Morgan fingerprint density at radius 1 is 0.393 bits per heavy atom. The first-order valence-corrected chi connectivity index (χ1v) is 37.5. The smallest absolute Gasteiger partial charge is 0.291 e. The van der Waals surface area contributed by atoms with Crippen molar-refractivity contribution in [3.63, 3.8) is 0 Å². The van der Waals surface area contributed by atoms with Gasteiger partial charge in [-0.3, -0.25) is 67.1 Å². The van der Waals surface area contributed by atoms with Gasteiger partial charge in [-0.05, 0) is 75.9 Å². The van der Waals surface area contributed by atoms with E-state index in [-0.39, 0.29) is 164 Å². The quantitative estimate of drug-likeness (QED) is 0.0973. The lowest BCUT2D eigenvalue weighted by Crippen LogP contribution is -2.49. The molecular weight excluding hydrogens is 1540 g/mol. The Morgan fingerprint density at radius 2 is 0.726 bits per heavy atom. The van der Waals surface area contributed by atoms with Crippen molar-refractivity contribution in [1.29, 1.82) is 0 Å². The molecule has 10 aromatic rings. The van der Waals surface area contributed by atoms with E-state index in [1.54, 1.807) is 56.4 Å². The number of aryl methyl sites for hydroxylation is 10. The first kappa shape index (κ1) is 83.4. The molecule has 1 atom stereocenters. The maximum Gasteiger partial charge on any atom is 0.291 e. The van der Waals surface area contributed by atoms with Crippen LogP contribution in [0.15, 0.2) is 104 Å². The number of rotatable bonds is 8. The Morgan fingerprint density at radius 3 is 1.10 bits per heavy atom. The number of hydrogen-bond acceptors (Lipinski definition) is 19. The van der Waals surface area contributed by atoms with Crippen LogP contribution < -0.4 is 74.4 Å². The first-order valence-electron chi connectivity index (χ1n) is 36.3. The molecule has 14 amide bonds. The highest BCUT2D eigenvalue weighted by atomic mass is 32.2. The summed E-state index contributed by atoms with van der Waals surface area (Å²) in [5.74, 6) is -9.00. The van der Waals surface area contributed by atoms with E-state index in [0.717, 1.165) is 18.3 Å². The fraction of sp³-hybridized carbons (Fsp3) is 0.311. The van der Waals surface area contributed by atoms with Gasteiger partial charge in [0.25, 0.3) is 59.1 Å². The third kappa shape index (κ3) is 20.8. The maximum atomic E-state index is 14.1. The van der Waals surface area contributed by atoms with Gasteiger partial charge in [-0.25, -0.2) is 15.0 Å². The van der Waals surface area contributed by atoms with E-state index in [4.69, 9.17) is 0 Å². The van der Waals surface area contributed by atoms with Gasteiger partial charge in [0.2, 0.25) is 41.1 Å². The fourth-order valence-corrected chi connectivity index (χ4v) is 13.3. The predicted octanol–water partition coefficient (Wildman–Crippen LogP) is 2.78. The summed E-state index contributed by atoms with van der Waals surface area (Å²) < 4.78 is 14.4. The van der Waals surface area contributed by atoms with E-state index in [1.807, 2.05) is 19.0 Å². The molecule has 0 spiro atoms. The zero-order chi connectivity index (χ0) is 84.4. The SMILES string of the molecule is CN(C)CCCNC(=O)CCNC(=O)[C@H]1CSCC(=O)Nc2cc(n(C)c2)C(=O)Nc2cn(C)c(n2)C(=O)Nc2cc(n(C)c2)C(=O)Nc2cn(C)c(n2)C(=O)Nc2cc(n(C)c2)C(=O)NCCCC(=O)Nc2cn(C)c(n2)C(=O)Nc2cc(n(C)c2)C(=O)Nc2cc(n(C)c2)C(=O)Nc2cc(n(C)c2)C(=O)Nc2cc(n(C)c2)C(=O)N1. The molecule has 1 aliphatic rings. The summed E-state index contributed by atoms with van der Waals surface area (Å²) in [6, 6.07) is 8.67. The number of anilines is 10. The third-order valence-electron chi connectivity index (χ3n) is 18.2. The predicted molar refractivity (Wildman–Crippen MR) is 432 cm³/mol. The van der Waals surface area contributed by atoms with Gasteiger partial charge in [-0.15, -0.1) is 11.8 Å². The Kier molecular flexibility index (Phi) is 25.7. The highest BCUT2D eigenvalue weighted by molar-refractivity contribution is 8.00. The van der Waals surface area contributed by atoms with Crippen molar-refractivity contribution >= 4 is 152 Å². The molecule has 10 aromatic heterocycles.